The van der Waals surface area contributed by atoms with Crippen LogP contribution in [-0.2, 0) is 9.53 Å². The van der Waals surface area contributed by atoms with Crippen molar-refractivity contribution in [3.63, 3.8) is 0 Å². The molecule has 2 amide bonds. The van der Waals surface area contributed by atoms with Gasteiger partial charge in [-0.1, -0.05) is 6.42 Å². The van der Waals surface area contributed by atoms with E-state index in [9.17, 15) is 14.4 Å². The lowest BCUT2D eigenvalue weighted by Crippen LogP contribution is -2.41. The molecule has 0 unspecified atom stereocenters. The van der Waals surface area contributed by atoms with Crippen LogP contribution in [0.25, 0.3) is 0 Å². The number of likely N-dealkylation sites (tertiary alicyclic amines) is 2. The molecule has 2 aliphatic rings. The van der Waals surface area contributed by atoms with Gasteiger partial charge in [0.05, 0.1) is 12.7 Å². The number of aryl methyl sites for hydroxylation is 1. The van der Waals surface area contributed by atoms with Gasteiger partial charge < -0.3 is 24.8 Å². The maximum atomic E-state index is 13.0. The molecule has 0 atom stereocenters. The molecule has 0 bridgehead atoms. The van der Waals surface area contributed by atoms with E-state index in [4.69, 9.17) is 4.74 Å². The normalized spacial score (nSPS) is 18.1. The number of rotatable bonds is 7. The number of esters is 1. The third kappa shape index (κ3) is 5.87. The van der Waals surface area contributed by atoms with Gasteiger partial charge in [-0.3, -0.25) is 9.59 Å². The highest BCUT2D eigenvalue weighted by molar-refractivity contribution is 6.00. The maximum Gasteiger partial charge on any atom is 0.339 e. The van der Waals surface area contributed by atoms with Crippen molar-refractivity contribution in [3.05, 3.63) is 22.5 Å². The topological polar surface area (TPSA) is 94.7 Å². The molecule has 0 aliphatic carbocycles. The maximum absolute atomic E-state index is 13.0. The second kappa shape index (κ2) is 10.8. The standard InChI is InChI=1S/C23H36N4O4/c1-16-20(23(30)31-3)17(2)25-21(16)22(29)27-12-7-18(8-13-27)15-19(28)24-9-14-26-10-5-4-6-11-26/h18,25H,4-15H2,1-3H3,(H,24,28). The average Bonchev–Trinajstić information content (AvgIpc) is 3.08. The fraction of sp³-hybridized carbons (Fsp3) is 0.696. The van der Waals surface area contributed by atoms with Gasteiger partial charge in [0, 0.05) is 38.3 Å². The number of amides is 2. The van der Waals surface area contributed by atoms with Gasteiger partial charge in [-0.2, -0.15) is 0 Å². The molecule has 8 heteroatoms. The Kier molecular flexibility index (Phi) is 8.12. The van der Waals surface area contributed by atoms with Crippen molar-refractivity contribution in [1.82, 2.24) is 20.1 Å². The number of carbonyl (C=O) groups is 3. The molecule has 3 rings (SSSR count). The number of piperidine rings is 2. The van der Waals surface area contributed by atoms with Gasteiger partial charge in [0.1, 0.15) is 5.69 Å². The van der Waals surface area contributed by atoms with Crippen molar-refractivity contribution < 1.29 is 19.1 Å². The van der Waals surface area contributed by atoms with Crippen LogP contribution in [0.1, 0.15) is 70.6 Å². The Bertz CT molecular complexity index is 790. The molecule has 2 fully saturated rings. The first kappa shape index (κ1) is 23.3. The number of methoxy groups -OCH3 is 1. The largest absolute Gasteiger partial charge is 0.465 e. The fourth-order valence-corrected chi connectivity index (χ4v) is 4.74. The minimum absolute atomic E-state index is 0.0970. The SMILES string of the molecule is COC(=O)c1c(C)[nH]c(C(=O)N2CCC(CC(=O)NCCN3CCCCC3)CC2)c1C. The van der Waals surface area contributed by atoms with Crippen LogP contribution in [0.3, 0.4) is 0 Å². The van der Waals surface area contributed by atoms with Crippen LogP contribution in [0.5, 0.6) is 0 Å². The van der Waals surface area contributed by atoms with E-state index in [1.165, 1.54) is 26.4 Å². The molecule has 2 saturated heterocycles. The third-order valence-corrected chi connectivity index (χ3v) is 6.62. The zero-order valence-electron chi connectivity index (χ0n) is 19.1. The van der Waals surface area contributed by atoms with E-state index >= 15 is 0 Å². The summed E-state index contributed by atoms with van der Waals surface area (Å²) in [6.45, 7) is 8.71. The van der Waals surface area contributed by atoms with E-state index in [1.807, 2.05) is 4.90 Å². The zero-order valence-corrected chi connectivity index (χ0v) is 19.1. The van der Waals surface area contributed by atoms with Crippen molar-refractivity contribution in [2.24, 2.45) is 5.92 Å². The van der Waals surface area contributed by atoms with Crippen molar-refractivity contribution in [3.8, 4) is 0 Å². The van der Waals surface area contributed by atoms with Crippen LogP contribution in [0, 0.1) is 19.8 Å². The molecule has 0 saturated carbocycles. The average molecular weight is 433 g/mol. The first-order valence-electron chi connectivity index (χ1n) is 11.5. The first-order chi connectivity index (χ1) is 14.9. The van der Waals surface area contributed by atoms with Crippen molar-refractivity contribution in [2.75, 3.05) is 46.4 Å². The van der Waals surface area contributed by atoms with Gasteiger partial charge in [0.15, 0.2) is 0 Å². The van der Waals surface area contributed by atoms with Crippen LogP contribution in [0.2, 0.25) is 0 Å². The van der Waals surface area contributed by atoms with Crippen LogP contribution >= 0.6 is 0 Å². The molecule has 0 aromatic carbocycles. The Morgan fingerprint density at radius 1 is 1.06 bits per heavy atom. The highest BCUT2D eigenvalue weighted by Gasteiger charge is 2.29. The molecule has 31 heavy (non-hydrogen) atoms. The summed E-state index contributed by atoms with van der Waals surface area (Å²) in [4.78, 5) is 44.5. The van der Waals surface area contributed by atoms with Gasteiger partial charge in [0.2, 0.25) is 5.91 Å². The zero-order chi connectivity index (χ0) is 22.4. The van der Waals surface area contributed by atoms with Gasteiger partial charge in [-0.15, -0.1) is 0 Å². The van der Waals surface area contributed by atoms with E-state index in [-0.39, 0.29) is 11.8 Å². The Hall–Kier alpha value is -2.35. The summed E-state index contributed by atoms with van der Waals surface area (Å²) in [5.41, 5.74) is 2.15. The lowest BCUT2D eigenvalue weighted by Gasteiger charge is -2.32. The minimum Gasteiger partial charge on any atom is -0.465 e. The second-order valence-corrected chi connectivity index (χ2v) is 8.81. The molecule has 8 nitrogen and oxygen atoms in total. The Labute approximate surface area is 184 Å². The quantitative estimate of drug-likeness (QED) is 0.645. The van der Waals surface area contributed by atoms with Crippen molar-refractivity contribution in [1.29, 1.82) is 0 Å². The number of nitrogens with zero attached hydrogens (tertiary/aromatic N) is 2. The van der Waals surface area contributed by atoms with E-state index < -0.39 is 5.97 Å². The van der Waals surface area contributed by atoms with E-state index in [0.29, 0.717) is 54.5 Å². The number of ether oxygens (including phenoxy) is 1. The number of aromatic nitrogens is 1. The second-order valence-electron chi connectivity index (χ2n) is 8.81. The van der Waals surface area contributed by atoms with Crippen molar-refractivity contribution in [2.45, 2.75) is 52.4 Å². The van der Waals surface area contributed by atoms with Gasteiger partial charge in [-0.25, -0.2) is 4.79 Å². The van der Waals surface area contributed by atoms with Gasteiger partial charge in [0.25, 0.3) is 5.91 Å². The summed E-state index contributed by atoms with van der Waals surface area (Å²) in [6, 6.07) is 0. The molecule has 2 N–H and O–H groups in total. The highest BCUT2D eigenvalue weighted by Crippen LogP contribution is 2.25. The number of hydrogen-bond acceptors (Lipinski definition) is 5. The Morgan fingerprint density at radius 3 is 2.39 bits per heavy atom. The Morgan fingerprint density at radius 2 is 1.74 bits per heavy atom. The van der Waals surface area contributed by atoms with Crippen LogP contribution < -0.4 is 5.32 Å². The monoisotopic (exact) mass is 432 g/mol. The first-order valence-corrected chi connectivity index (χ1v) is 11.5. The summed E-state index contributed by atoms with van der Waals surface area (Å²) in [7, 11) is 1.34. The molecule has 0 radical (unpaired) electrons. The summed E-state index contributed by atoms with van der Waals surface area (Å²) in [6.07, 6.45) is 5.99. The number of nitrogens with one attached hydrogen (secondary N) is 2. The van der Waals surface area contributed by atoms with E-state index in [0.717, 1.165) is 32.5 Å². The molecule has 1 aromatic heterocycles. The summed E-state index contributed by atoms with van der Waals surface area (Å²) < 4.78 is 4.83. The summed E-state index contributed by atoms with van der Waals surface area (Å²) in [5, 5.41) is 3.06. The third-order valence-electron chi connectivity index (χ3n) is 6.62. The van der Waals surface area contributed by atoms with Gasteiger partial charge in [-0.05, 0) is 64.1 Å². The number of H-pyrrole nitrogens is 1. The highest BCUT2D eigenvalue weighted by atomic mass is 16.5. The van der Waals surface area contributed by atoms with Crippen molar-refractivity contribution >= 4 is 17.8 Å². The van der Waals surface area contributed by atoms with Crippen LogP contribution in [0.4, 0.5) is 0 Å². The molecule has 172 valence electrons. The van der Waals surface area contributed by atoms with Gasteiger partial charge >= 0.3 is 5.97 Å². The predicted molar refractivity (Wildman–Crippen MR) is 118 cm³/mol. The summed E-state index contributed by atoms with van der Waals surface area (Å²) in [5.74, 6) is -0.119. The minimum atomic E-state index is -0.435. The number of carbonyl (C=O) groups excluding carboxylic acids is 3. The fourth-order valence-electron chi connectivity index (χ4n) is 4.74. The molecule has 0 spiro atoms. The van der Waals surface area contributed by atoms with E-state index in [2.05, 4.69) is 15.2 Å². The Balaban J connectivity index is 1.43. The molecule has 3 heterocycles. The lowest BCUT2D eigenvalue weighted by atomic mass is 9.93. The lowest BCUT2D eigenvalue weighted by molar-refractivity contribution is -0.122. The molecule has 1 aromatic rings. The van der Waals surface area contributed by atoms with Crippen LogP contribution in [0.15, 0.2) is 0 Å². The number of hydrogen-bond donors (Lipinski definition) is 2. The van der Waals surface area contributed by atoms with Crippen LogP contribution in [-0.4, -0.2) is 78.9 Å². The predicted octanol–water partition coefficient (Wildman–Crippen LogP) is 2.26. The number of aromatic amines is 1. The smallest absolute Gasteiger partial charge is 0.339 e. The van der Waals surface area contributed by atoms with E-state index in [1.54, 1.807) is 13.8 Å². The molecular formula is C23H36N4O4. The summed E-state index contributed by atoms with van der Waals surface area (Å²) >= 11 is 0. The molecular weight excluding hydrogens is 396 g/mol. The molecule has 2 aliphatic heterocycles.